The Balaban J connectivity index is 3.07. The Kier molecular flexibility index (Phi) is 4.61. The molecule has 0 saturated carbocycles. The first kappa shape index (κ1) is 13.9. The number of nitro groups is 1. The lowest BCUT2D eigenvalue weighted by molar-refractivity contribution is -0.385. The van der Waals surface area contributed by atoms with Crippen molar-refractivity contribution in [2.24, 2.45) is 0 Å². The second kappa shape index (κ2) is 5.97. The van der Waals surface area contributed by atoms with Gasteiger partial charge in [-0.3, -0.25) is 10.1 Å². The lowest BCUT2D eigenvalue weighted by Crippen LogP contribution is -2.20. The quantitative estimate of drug-likeness (QED) is 0.582. The molecule has 0 fully saturated rings. The molecule has 0 unspecified atom stereocenters. The highest BCUT2D eigenvalue weighted by atomic mass is 16.6. The third-order valence-corrected chi connectivity index (χ3v) is 2.50. The van der Waals surface area contributed by atoms with Crippen LogP contribution in [0.3, 0.4) is 0 Å². The van der Waals surface area contributed by atoms with Crippen molar-refractivity contribution >= 4 is 17.3 Å². The maximum absolute atomic E-state index is 11.0. The fourth-order valence-corrected chi connectivity index (χ4v) is 1.53. The molecule has 1 aromatic carbocycles. The van der Waals surface area contributed by atoms with Crippen LogP contribution in [0.5, 0.6) is 0 Å². The SMILES string of the molecule is CN(CCCO)c1ccc([N+](=O)[O-])c(C(=O)O)c1. The summed E-state index contributed by atoms with van der Waals surface area (Å²) in [6.45, 7) is 0.566. The van der Waals surface area contributed by atoms with E-state index < -0.39 is 16.6 Å². The van der Waals surface area contributed by atoms with Crippen LogP contribution in [-0.2, 0) is 0 Å². The van der Waals surface area contributed by atoms with Crippen molar-refractivity contribution in [1.29, 1.82) is 0 Å². The Morgan fingerprint density at radius 2 is 2.17 bits per heavy atom. The zero-order valence-electron chi connectivity index (χ0n) is 9.87. The Labute approximate surface area is 103 Å². The van der Waals surface area contributed by atoms with E-state index in [0.29, 0.717) is 18.7 Å². The standard InChI is InChI=1S/C11H14N2O5/c1-12(5-2-6-14)8-3-4-10(13(17)18)9(7-8)11(15)16/h3-4,7,14H,2,5-6H2,1H3,(H,15,16). The number of aromatic carboxylic acids is 1. The third-order valence-electron chi connectivity index (χ3n) is 2.50. The van der Waals surface area contributed by atoms with E-state index in [1.165, 1.54) is 18.2 Å². The summed E-state index contributed by atoms with van der Waals surface area (Å²) in [6, 6.07) is 3.92. The van der Waals surface area contributed by atoms with Crippen LogP contribution in [0.1, 0.15) is 16.8 Å². The molecule has 0 aromatic heterocycles. The molecule has 0 aliphatic carbocycles. The number of anilines is 1. The van der Waals surface area contributed by atoms with E-state index >= 15 is 0 Å². The second-order valence-electron chi connectivity index (χ2n) is 3.76. The van der Waals surface area contributed by atoms with Gasteiger partial charge in [0.05, 0.1) is 4.92 Å². The molecular weight excluding hydrogens is 240 g/mol. The highest BCUT2D eigenvalue weighted by Crippen LogP contribution is 2.24. The lowest BCUT2D eigenvalue weighted by atomic mass is 10.1. The van der Waals surface area contributed by atoms with Crippen molar-refractivity contribution in [2.45, 2.75) is 6.42 Å². The summed E-state index contributed by atoms with van der Waals surface area (Å²) in [7, 11) is 1.72. The van der Waals surface area contributed by atoms with Crippen molar-refractivity contribution in [3.05, 3.63) is 33.9 Å². The number of aliphatic hydroxyl groups is 1. The highest BCUT2D eigenvalue weighted by molar-refractivity contribution is 5.93. The van der Waals surface area contributed by atoms with E-state index in [2.05, 4.69) is 0 Å². The number of rotatable bonds is 6. The molecule has 0 aliphatic rings. The predicted molar refractivity (Wildman–Crippen MR) is 65.0 cm³/mol. The van der Waals surface area contributed by atoms with Gasteiger partial charge in [0.1, 0.15) is 5.56 Å². The minimum atomic E-state index is -1.33. The zero-order chi connectivity index (χ0) is 13.7. The number of nitro benzene ring substituents is 1. The number of hydrogen-bond acceptors (Lipinski definition) is 5. The molecule has 7 heteroatoms. The molecule has 0 heterocycles. The van der Waals surface area contributed by atoms with Gasteiger partial charge in [-0.1, -0.05) is 0 Å². The number of benzene rings is 1. The fourth-order valence-electron chi connectivity index (χ4n) is 1.53. The topological polar surface area (TPSA) is 104 Å². The Hall–Kier alpha value is -2.15. The monoisotopic (exact) mass is 254 g/mol. The first-order valence-corrected chi connectivity index (χ1v) is 5.31. The normalized spacial score (nSPS) is 10.1. The minimum absolute atomic E-state index is 0.0309. The van der Waals surface area contributed by atoms with Crippen LogP contribution < -0.4 is 4.90 Å². The number of carboxylic acids is 1. The van der Waals surface area contributed by atoms with Gasteiger partial charge in [0.2, 0.25) is 0 Å². The van der Waals surface area contributed by atoms with E-state index in [-0.39, 0.29) is 12.2 Å². The molecule has 0 saturated heterocycles. The summed E-state index contributed by atoms with van der Waals surface area (Å²) in [4.78, 5) is 22.6. The molecule has 7 nitrogen and oxygen atoms in total. The van der Waals surface area contributed by atoms with Crippen molar-refractivity contribution < 1.29 is 19.9 Å². The molecule has 0 atom stereocenters. The van der Waals surface area contributed by atoms with Crippen LogP contribution in [0.15, 0.2) is 18.2 Å². The first-order valence-electron chi connectivity index (χ1n) is 5.31. The minimum Gasteiger partial charge on any atom is -0.477 e. The second-order valence-corrected chi connectivity index (χ2v) is 3.76. The molecule has 18 heavy (non-hydrogen) atoms. The maximum Gasteiger partial charge on any atom is 0.342 e. The van der Waals surface area contributed by atoms with Crippen molar-refractivity contribution in [3.63, 3.8) is 0 Å². The maximum atomic E-state index is 11.0. The summed E-state index contributed by atoms with van der Waals surface area (Å²) in [5, 5.41) is 28.3. The summed E-state index contributed by atoms with van der Waals surface area (Å²) >= 11 is 0. The van der Waals surface area contributed by atoms with E-state index in [1.807, 2.05) is 0 Å². The van der Waals surface area contributed by atoms with Crippen molar-refractivity contribution in [2.75, 3.05) is 25.1 Å². The van der Waals surface area contributed by atoms with Gasteiger partial charge in [0, 0.05) is 32.0 Å². The summed E-state index contributed by atoms with van der Waals surface area (Å²) in [5.41, 5.74) is -0.207. The highest BCUT2D eigenvalue weighted by Gasteiger charge is 2.20. The van der Waals surface area contributed by atoms with Gasteiger partial charge < -0.3 is 15.1 Å². The van der Waals surface area contributed by atoms with E-state index in [0.717, 1.165) is 0 Å². The molecule has 0 bridgehead atoms. The van der Waals surface area contributed by atoms with Crippen LogP contribution >= 0.6 is 0 Å². The summed E-state index contributed by atoms with van der Waals surface area (Å²) in [5.74, 6) is -1.33. The Morgan fingerprint density at radius 3 is 2.67 bits per heavy atom. The largest absolute Gasteiger partial charge is 0.477 e. The average Bonchev–Trinajstić information content (AvgIpc) is 2.34. The Morgan fingerprint density at radius 1 is 1.50 bits per heavy atom. The van der Waals surface area contributed by atoms with Crippen LogP contribution in [0, 0.1) is 10.1 Å². The van der Waals surface area contributed by atoms with Crippen LogP contribution in [-0.4, -0.2) is 41.3 Å². The van der Waals surface area contributed by atoms with Crippen LogP contribution in [0.25, 0.3) is 0 Å². The number of carbonyl (C=O) groups is 1. The molecule has 0 radical (unpaired) electrons. The third kappa shape index (κ3) is 3.17. The van der Waals surface area contributed by atoms with Gasteiger partial charge in [-0.15, -0.1) is 0 Å². The molecule has 0 amide bonds. The fraction of sp³-hybridized carbons (Fsp3) is 0.364. The molecule has 0 aliphatic heterocycles. The molecule has 1 aromatic rings. The van der Waals surface area contributed by atoms with Gasteiger partial charge in [0.15, 0.2) is 0 Å². The van der Waals surface area contributed by atoms with E-state index in [9.17, 15) is 14.9 Å². The van der Waals surface area contributed by atoms with Gasteiger partial charge in [-0.2, -0.15) is 0 Å². The lowest BCUT2D eigenvalue weighted by Gasteiger charge is -2.18. The van der Waals surface area contributed by atoms with E-state index in [4.69, 9.17) is 10.2 Å². The van der Waals surface area contributed by atoms with Gasteiger partial charge in [0.25, 0.3) is 5.69 Å². The zero-order valence-corrected chi connectivity index (χ0v) is 9.87. The number of nitrogens with zero attached hydrogens (tertiary/aromatic N) is 2. The molecule has 98 valence electrons. The van der Waals surface area contributed by atoms with Crippen molar-refractivity contribution in [1.82, 2.24) is 0 Å². The number of carboxylic acid groups (broad SMARTS) is 1. The van der Waals surface area contributed by atoms with Crippen molar-refractivity contribution in [3.8, 4) is 0 Å². The molecular formula is C11H14N2O5. The molecule has 2 N–H and O–H groups in total. The van der Waals surface area contributed by atoms with E-state index in [1.54, 1.807) is 11.9 Å². The number of aliphatic hydroxyl groups excluding tert-OH is 1. The molecule has 0 spiro atoms. The molecule has 1 rings (SSSR count). The van der Waals surface area contributed by atoms with Crippen LogP contribution in [0.2, 0.25) is 0 Å². The van der Waals surface area contributed by atoms with Crippen LogP contribution in [0.4, 0.5) is 11.4 Å². The average molecular weight is 254 g/mol. The van der Waals surface area contributed by atoms with Gasteiger partial charge in [-0.05, 0) is 18.6 Å². The Bertz CT molecular complexity index is 461. The smallest absolute Gasteiger partial charge is 0.342 e. The summed E-state index contributed by atoms with van der Waals surface area (Å²) in [6.07, 6.45) is 0.538. The number of hydrogen-bond donors (Lipinski definition) is 2. The summed E-state index contributed by atoms with van der Waals surface area (Å²) < 4.78 is 0. The first-order chi connectivity index (χ1) is 8.47. The van der Waals surface area contributed by atoms with Gasteiger partial charge >= 0.3 is 5.97 Å². The predicted octanol–water partition coefficient (Wildman–Crippen LogP) is 1.11. The van der Waals surface area contributed by atoms with Gasteiger partial charge in [-0.25, -0.2) is 4.79 Å².